The molecule has 10 heteroatoms. The fourth-order valence-corrected chi connectivity index (χ4v) is 6.67. The maximum atomic E-state index is 12.9. The van der Waals surface area contributed by atoms with Crippen molar-refractivity contribution in [2.75, 3.05) is 9.44 Å². The second-order valence-corrected chi connectivity index (χ2v) is 14.1. The Kier molecular flexibility index (Phi) is 10.1. The molecular weight excluding hydrogens is 617 g/mol. The molecule has 0 fully saturated rings. The number of nitrogens with one attached hydrogen (secondary N) is 2. The smallest absolute Gasteiger partial charge is 0.261 e. The summed E-state index contributed by atoms with van der Waals surface area (Å²) in [7, 11) is -7.47. The van der Waals surface area contributed by atoms with Crippen molar-refractivity contribution in [2.45, 2.75) is 36.7 Å². The van der Waals surface area contributed by atoms with Crippen LogP contribution in [-0.2, 0) is 33.1 Å². The van der Waals surface area contributed by atoms with E-state index in [1.165, 1.54) is 0 Å². The third kappa shape index (κ3) is 8.56. The van der Waals surface area contributed by atoms with Gasteiger partial charge >= 0.3 is 0 Å². The molecule has 0 radical (unpaired) electrons. The summed E-state index contributed by atoms with van der Waals surface area (Å²) in [6.45, 7) is 4.64. The molecular formula is C36H34N4O4S2. The molecule has 8 nitrogen and oxygen atoms in total. The van der Waals surface area contributed by atoms with E-state index in [-0.39, 0.29) is 9.79 Å². The maximum absolute atomic E-state index is 12.9. The highest BCUT2D eigenvalue weighted by Gasteiger charge is 2.16. The minimum atomic E-state index is -3.74. The Labute approximate surface area is 270 Å². The Morgan fingerprint density at radius 1 is 0.500 bits per heavy atom. The van der Waals surface area contributed by atoms with E-state index in [1.54, 1.807) is 85.2 Å². The lowest BCUT2D eigenvalue weighted by Gasteiger charge is -2.11. The summed E-state index contributed by atoms with van der Waals surface area (Å²) in [5.41, 5.74) is 6.14. The number of benzene rings is 5. The molecule has 0 bridgehead atoms. The highest BCUT2D eigenvalue weighted by molar-refractivity contribution is 7.93. The molecule has 2 N–H and O–H groups in total. The van der Waals surface area contributed by atoms with E-state index >= 15 is 0 Å². The van der Waals surface area contributed by atoms with Crippen LogP contribution in [0.5, 0.6) is 0 Å². The van der Waals surface area contributed by atoms with E-state index < -0.39 is 20.0 Å². The summed E-state index contributed by atoms with van der Waals surface area (Å²) < 4.78 is 56.9. The second-order valence-electron chi connectivity index (χ2n) is 10.8. The van der Waals surface area contributed by atoms with Crippen molar-refractivity contribution in [2.24, 2.45) is 9.98 Å². The minimum absolute atomic E-state index is 0.196. The number of aryl methyl sites for hydroxylation is 2. The number of hydrogen-bond acceptors (Lipinski definition) is 6. The van der Waals surface area contributed by atoms with Gasteiger partial charge in [0.25, 0.3) is 20.0 Å². The van der Waals surface area contributed by atoms with Gasteiger partial charge in [-0.3, -0.25) is 19.4 Å². The molecule has 0 heterocycles. The zero-order chi connectivity index (χ0) is 32.6. The number of para-hydroxylation sites is 2. The number of rotatable bonds is 12. The average molecular weight is 651 g/mol. The number of nitrogens with zero attached hydrogens (tertiary/aromatic N) is 2. The van der Waals surface area contributed by atoms with Gasteiger partial charge < -0.3 is 0 Å². The summed E-state index contributed by atoms with van der Waals surface area (Å²) >= 11 is 0. The number of sulfonamides is 2. The van der Waals surface area contributed by atoms with Crippen LogP contribution in [0.2, 0.25) is 0 Å². The molecule has 0 amide bonds. The van der Waals surface area contributed by atoms with Crippen LogP contribution < -0.4 is 9.44 Å². The van der Waals surface area contributed by atoms with Crippen LogP contribution in [0.1, 0.15) is 33.4 Å². The largest absolute Gasteiger partial charge is 0.288 e. The summed E-state index contributed by atoms with van der Waals surface area (Å²) in [6.07, 6.45) is 3.32. The molecule has 0 aromatic heterocycles. The third-order valence-electron chi connectivity index (χ3n) is 7.10. The van der Waals surface area contributed by atoms with Gasteiger partial charge in [0.1, 0.15) is 0 Å². The molecule has 0 aliphatic rings. The SMILES string of the molecule is Cc1ccc(S(=O)(=O)Nc2ccccc2C=NCc2ccc(CN=Cc3ccccc3NS(=O)(=O)c3ccc(C)cc3)cc2)cc1. The molecule has 0 spiro atoms. The van der Waals surface area contributed by atoms with Crippen molar-refractivity contribution in [3.05, 3.63) is 155 Å². The lowest BCUT2D eigenvalue weighted by molar-refractivity contribution is 0.599. The van der Waals surface area contributed by atoms with E-state index in [4.69, 9.17) is 0 Å². The standard InChI is InChI=1S/C36H34N4O4S2/c1-27-11-19-33(20-12-27)45(41,42)39-35-9-5-3-7-31(35)25-37-23-29-15-17-30(18-16-29)24-38-26-32-8-4-6-10-36(32)40-46(43,44)34-21-13-28(2)14-22-34/h3-22,25-26,39-40H,23-24H2,1-2H3. The molecule has 0 aliphatic heterocycles. The van der Waals surface area contributed by atoms with Gasteiger partial charge in [0.15, 0.2) is 0 Å². The third-order valence-corrected chi connectivity index (χ3v) is 9.87. The Morgan fingerprint density at radius 2 is 0.848 bits per heavy atom. The van der Waals surface area contributed by atoms with Crippen molar-refractivity contribution in [1.29, 1.82) is 0 Å². The van der Waals surface area contributed by atoms with Gasteiger partial charge in [0.05, 0.1) is 34.3 Å². The molecule has 0 saturated carbocycles. The van der Waals surface area contributed by atoms with E-state index in [0.717, 1.165) is 22.3 Å². The van der Waals surface area contributed by atoms with Gasteiger partial charge in [-0.15, -0.1) is 0 Å². The summed E-state index contributed by atoms with van der Waals surface area (Å²) in [4.78, 5) is 9.47. The molecule has 0 aliphatic carbocycles. The fourth-order valence-electron chi connectivity index (χ4n) is 4.50. The molecule has 46 heavy (non-hydrogen) atoms. The first kappa shape index (κ1) is 32.3. The van der Waals surface area contributed by atoms with Crippen molar-refractivity contribution in [3.63, 3.8) is 0 Å². The van der Waals surface area contributed by atoms with E-state index in [9.17, 15) is 16.8 Å². The van der Waals surface area contributed by atoms with Crippen molar-refractivity contribution in [1.82, 2.24) is 0 Å². The first-order valence-electron chi connectivity index (χ1n) is 14.5. The Balaban J connectivity index is 1.19. The van der Waals surface area contributed by atoms with Crippen molar-refractivity contribution >= 4 is 43.9 Å². The monoisotopic (exact) mass is 650 g/mol. The van der Waals surface area contributed by atoms with Gasteiger partial charge in [0, 0.05) is 23.6 Å². The van der Waals surface area contributed by atoms with Crippen LogP contribution >= 0.6 is 0 Å². The Morgan fingerprint density at radius 3 is 1.22 bits per heavy atom. The molecule has 0 unspecified atom stereocenters. The highest BCUT2D eigenvalue weighted by Crippen LogP contribution is 2.21. The zero-order valence-electron chi connectivity index (χ0n) is 25.5. The predicted molar refractivity (Wildman–Crippen MR) is 186 cm³/mol. The summed E-state index contributed by atoms with van der Waals surface area (Å²) in [5, 5.41) is 0. The molecule has 5 rings (SSSR count). The van der Waals surface area contributed by atoms with Gasteiger partial charge in [-0.05, 0) is 61.4 Å². The van der Waals surface area contributed by atoms with E-state index in [2.05, 4.69) is 19.4 Å². The highest BCUT2D eigenvalue weighted by atomic mass is 32.2. The van der Waals surface area contributed by atoms with Crippen LogP contribution in [0.15, 0.2) is 141 Å². The fraction of sp³-hybridized carbons (Fsp3) is 0.111. The molecule has 5 aromatic rings. The molecule has 234 valence electrons. The lowest BCUT2D eigenvalue weighted by atomic mass is 10.1. The van der Waals surface area contributed by atoms with Crippen LogP contribution in [0.25, 0.3) is 0 Å². The first-order chi connectivity index (χ1) is 22.1. The zero-order valence-corrected chi connectivity index (χ0v) is 27.1. The topological polar surface area (TPSA) is 117 Å². The number of aliphatic imine (C=N–C) groups is 2. The van der Waals surface area contributed by atoms with E-state index in [1.807, 2.05) is 62.4 Å². The average Bonchev–Trinajstić information content (AvgIpc) is 3.03. The van der Waals surface area contributed by atoms with Crippen molar-refractivity contribution in [3.8, 4) is 0 Å². The lowest BCUT2D eigenvalue weighted by Crippen LogP contribution is -2.14. The number of hydrogen-bond donors (Lipinski definition) is 2. The Hall–Kier alpha value is -5.06. The van der Waals surface area contributed by atoms with Gasteiger partial charge in [-0.2, -0.15) is 0 Å². The maximum Gasteiger partial charge on any atom is 0.261 e. The quantitative estimate of drug-likeness (QED) is 0.140. The van der Waals surface area contributed by atoms with Gasteiger partial charge in [-0.1, -0.05) is 96.1 Å². The predicted octanol–water partition coefficient (Wildman–Crippen LogP) is 7.14. The van der Waals surface area contributed by atoms with Crippen LogP contribution in [0.4, 0.5) is 11.4 Å². The number of anilines is 2. The molecule has 5 aromatic carbocycles. The van der Waals surface area contributed by atoms with Gasteiger partial charge in [0.2, 0.25) is 0 Å². The summed E-state index contributed by atoms with van der Waals surface area (Å²) in [5.74, 6) is 0. The van der Waals surface area contributed by atoms with Crippen LogP contribution in [0, 0.1) is 13.8 Å². The van der Waals surface area contributed by atoms with Crippen molar-refractivity contribution < 1.29 is 16.8 Å². The molecule has 0 atom stereocenters. The van der Waals surface area contributed by atoms with E-state index in [0.29, 0.717) is 35.6 Å². The normalized spacial score (nSPS) is 12.0. The van der Waals surface area contributed by atoms with Crippen LogP contribution in [-0.4, -0.2) is 29.3 Å². The summed E-state index contributed by atoms with van der Waals surface area (Å²) in [6, 6.07) is 35.5. The molecule has 0 saturated heterocycles. The first-order valence-corrected chi connectivity index (χ1v) is 17.5. The second kappa shape index (κ2) is 14.4. The Bertz CT molecular complexity index is 1920. The van der Waals surface area contributed by atoms with Crippen LogP contribution in [0.3, 0.4) is 0 Å². The minimum Gasteiger partial charge on any atom is -0.288 e. The van der Waals surface area contributed by atoms with Gasteiger partial charge in [-0.25, -0.2) is 16.8 Å².